The molecule has 0 radical (unpaired) electrons. The fourth-order valence-electron chi connectivity index (χ4n) is 1.81. The highest BCUT2D eigenvalue weighted by atomic mass is 32.2. The van der Waals surface area contributed by atoms with Crippen LogP contribution in [-0.2, 0) is 16.5 Å². The van der Waals surface area contributed by atoms with E-state index in [0.29, 0.717) is 17.4 Å². The summed E-state index contributed by atoms with van der Waals surface area (Å²) < 4.78 is 31.5. The summed E-state index contributed by atoms with van der Waals surface area (Å²) in [7, 11) is -5.14. The second-order valence-corrected chi connectivity index (χ2v) is 13.9. The van der Waals surface area contributed by atoms with Crippen LogP contribution >= 0.6 is 0 Å². The summed E-state index contributed by atoms with van der Waals surface area (Å²) in [5.41, 5.74) is 0. The van der Waals surface area contributed by atoms with Gasteiger partial charge in [-0.15, -0.1) is 0 Å². The summed E-state index contributed by atoms with van der Waals surface area (Å²) in [5.74, 6) is 0.488. The summed E-state index contributed by atoms with van der Waals surface area (Å²) in [5, 5.41) is 4.19. The van der Waals surface area contributed by atoms with Crippen LogP contribution in [-0.4, -0.2) is 28.8 Å². The first-order chi connectivity index (χ1) is 9.05. The van der Waals surface area contributed by atoms with E-state index in [0.717, 1.165) is 13.0 Å². The van der Waals surface area contributed by atoms with Crippen LogP contribution in [0.1, 0.15) is 27.2 Å². The molecular formula is C12H24N4O2SSi. The smallest absolute Gasteiger partial charge is 0.230 e. The summed E-state index contributed by atoms with van der Waals surface area (Å²) in [6.45, 7) is 11.9. The van der Waals surface area contributed by atoms with Crippen molar-refractivity contribution >= 4 is 18.2 Å². The van der Waals surface area contributed by atoms with Gasteiger partial charge in [0.05, 0.1) is 12.8 Å². The molecule has 1 aromatic rings. The first-order valence-corrected chi connectivity index (χ1v) is 11.4. The van der Waals surface area contributed by atoms with Crippen molar-refractivity contribution in [3.8, 4) is 5.88 Å². The fourth-order valence-corrected chi connectivity index (χ4v) is 6.95. The lowest BCUT2D eigenvalue weighted by Crippen LogP contribution is -2.54. The van der Waals surface area contributed by atoms with Crippen molar-refractivity contribution in [2.24, 2.45) is 0 Å². The zero-order valence-corrected chi connectivity index (χ0v) is 14.6. The number of aryl methyl sites for hydroxylation is 1. The van der Waals surface area contributed by atoms with Crippen LogP contribution in [0.5, 0.6) is 5.88 Å². The van der Waals surface area contributed by atoms with Gasteiger partial charge in [0.1, 0.15) is 23.0 Å². The Labute approximate surface area is 122 Å². The Morgan fingerprint density at radius 2 is 2.15 bits per heavy atom. The van der Waals surface area contributed by atoms with Crippen LogP contribution in [0.4, 0.5) is 0 Å². The Bertz CT molecular complexity index is 601. The third-order valence-corrected chi connectivity index (χ3v) is 11.9. The molecule has 1 aromatic heterocycles. The molecule has 1 aliphatic rings. The van der Waals surface area contributed by atoms with Crippen molar-refractivity contribution in [3.63, 3.8) is 0 Å². The molecule has 2 N–H and O–H groups in total. The number of rotatable bonds is 3. The monoisotopic (exact) mass is 316 g/mol. The highest BCUT2D eigenvalue weighted by Crippen LogP contribution is 2.36. The van der Waals surface area contributed by atoms with Crippen molar-refractivity contribution in [1.29, 1.82) is 4.78 Å². The maximum atomic E-state index is 12.8. The van der Waals surface area contributed by atoms with E-state index in [1.807, 2.05) is 0 Å². The van der Waals surface area contributed by atoms with Gasteiger partial charge in [-0.3, -0.25) is 0 Å². The number of hydrogen-bond donors (Lipinski definition) is 2. The van der Waals surface area contributed by atoms with Gasteiger partial charge in [0.15, 0.2) is 0 Å². The maximum absolute atomic E-state index is 12.8. The molecular weight excluding hydrogens is 292 g/mol. The van der Waals surface area contributed by atoms with E-state index in [2.05, 4.69) is 43.4 Å². The van der Waals surface area contributed by atoms with Crippen LogP contribution in [0, 0.1) is 4.78 Å². The number of fused-ring (bicyclic) bond motifs is 1. The highest BCUT2D eigenvalue weighted by molar-refractivity contribution is 7.92. The van der Waals surface area contributed by atoms with Crippen LogP contribution < -0.4 is 9.12 Å². The van der Waals surface area contributed by atoms with Crippen molar-refractivity contribution in [3.05, 3.63) is 6.20 Å². The quantitative estimate of drug-likeness (QED) is 0.841. The molecule has 1 atom stereocenters. The predicted octanol–water partition coefficient (Wildman–Crippen LogP) is 2.58. The first kappa shape index (κ1) is 15.5. The van der Waals surface area contributed by atoms with E-state index in [9.17, 15) is 4.21 Å². The molecule has 1 aliphatic heterocycles. The molecule has 0 aliphatic carbocycles. The summed E-state index contributed by atoms with van der Waals surface area (Å²) in [4.78, 5) is 0.377. The predicted molar refractivity (Wildman–Crippen MR) is 81.8 cm³/mol. The van der Waals surface area contributed by atoms with Crippen LogP contribution in [0.15, 0.2) is 11.1 Å². The molecule has 2 heterocycles. The van der Waals surface area contributed by atoms with Crippen molar-refractivity contribution in [2.45, 2.75) is 56.8 Å². The Morgan fingerprint density at radius 1 is 1.50 bits per heavy atom. The average Bonchev–Trinajstić information content (AvgIpc) is 2.70. The van der Waals surface area contributed by atoms with Gasteiger partial charge in [-0.2, -0.15) is 5.10 Å². The van der Waals surface area contributed by atoms with Crippen LogP contribution in [0.2, 0.25) is 18.1 Å². The van der Waals surface area contributed by atoms with Gasteiger partial charge < -0.3 is 4.74 Å². The highest BCUT2D eigenvalue weighted by Gasteiger charge is 2.39. The molecule has 0 bridgehead atoms. The number of nitrogens with zero attached hydrogens (tertiary/aromatic N) is 2. The fraction of sp³-hybridized carbons (Fsp3) is 0.750. The summed E-state index contributed by atoms with van der Waals surface area (Å²) in [6, 6.07) is 0. The Morgan fingerprint density at radius 3 is 2.75 bits per heavy atom. The van der Waals surface area contributed by atoms with Gasteiger partial charge in [-0.1, -0.05) is 33.9 Å². The van der Waals surface area contributed by atoms with Gasteiger partial charge in [-0.05, 0) is 5.04 Å². The number of aromatic nitrogens is 2. The lowest BCUT2D eigenvalue weighted by Gasteiger charge is -2.37. The molecule has 114 valence electrons. The number of hydrogen-bond acceptors (Lipinski definition) is 4. The molecule has 0 saturated heterocycles. The standard InChI is InChI=1S/C12H24N4O2SSi/c1-12(2,3)20(4,5)15-19(13,17)10-9-14-16-7-6-8-18-11(10)16/h9H,6-8H2,1-5H3,(H2,13,15,17). The maximum Gasteiger partial charge on any atom is 0.230 e. The first-order valence-electron chi connectivity index (χ1n) is 6.81. The van der Waals surface area contributed by atoms with Gasteiger partial charge in [0.2, 0.25) is 5.88 Å². The Hall–Kier alpha value is -0.863. The second-order valence-electron chi connectivity index (χ2n) is 6.77. The summed E-state index contributed by atoms with van der Waals surface area (Å²) >= 11 is 0. The van der Waals surface area contributed by atoms with E-state index >= 15 is 0 Å². The molecule has 20 heavy (non-hydrogen) atoms. The van der Waals surface area contributed by atoms with Crippen molar-refractivity contribution in [1.82, 2.24) is 14.2 Å². The van der Waals surface area contributed by atoms with E-state index in [1.54, 1.807) is 4.68 Å². The van der Waals surface area contributed by atoms with Crippen LogP contribution in [0.25, 0.3) is 0 Å². The minimum Gasteiger partial charge on any atom is -0.477 e. The Balaban J connectivity index is 2.35. The van der Waals surface area contributed by atoms with Gasteiger partial charge >= 0.3 is 0 Å². The van der Waals surface area contributed by atoms with Gasteiger partial charge in [0.25, 0.3) is 0 Å². The van der Waals surface area contributed by atoms with E-state index in [4.69, 9.17) is 9.52 Å². The SMILES string of the molecule is CC(C)(C)[Si](C)(C)NS(=N)(=O)c1cnn2c1OCCC2. The van der Waals surface area contributed by atoms with E-state index in [-0.39, 0.29) is 5.04 Å². The lowest BCUT2D eigenvalue weighted by atomic mass is 10.2. The molecule has 0 saturated carbocycles. The molecule has 2 rings (SSSR count). The number of nitrogens with one attached hydrogen (secondary N) is 2. The zero-order chi connectivity index (χ0) is 15.2. The average molecular weight is 317 g/mol. The molecule has 0 aromatic carbocycles. The van der Waals surface area contributed by atoms with Crippen LogP contribution in [0.3, 0.4) is 0 Å². The third kappa shape index (κ3) is 2.77. The zero-order valence-electron chi connectivity index (χ0n) is 12.8. The minimum atomic E-state index is -3.10. The third-order valence-electron chi connectivity index (χ3n) is 4.10. The van der Waals surface area contributed by atoms with E-state index < -0.39 is 18.2 Å². The second kappa shape index (κ2) is 4.85. The molecule has 0 fully saturated rings. The van der Waals surface area contributed by atoms with E-state index in [1.165, 1.54) is 6.20 Å². The largest absolute Gasteiger partial charge is 0.477 e. The normalized spacial score (nSPS) is 19.1. The van der Waals surface area contributed by atoms with Crippen molar-refractivity contribution < 1.29 is 8.95 Å². The van der Waals surface area contributed by atoms with Gasteiger partial charge in [-0.25, -0.2) is 18.1 Å². The minimum absolute atomic E-state index is 0.00475. The van der Waals surface area contributed by atoms with Gasteiger partial charge in [0, 0.05) is 13.0 Å². The lowest BCUT2D eigenvalue weighted by molar-refractivity contribution is 0.224. The summed E-state index contributed by atoms with van der Waals surface area (Å²) in [6.07, 6.45) is 2.40. The molecule has 6 nitrogen and oxygen atoms in total. The molecule has 0 amide bonds. The molecule has 8 heteroatoms. The number of ether oxygens (including phenoxy) is 1. The van der Waals surface area contributed by atoms with Crippen molar-refractivity contribution in [2.75, 3.05) is 6.61 Å². The Kier molecular flexibility index (Phi) is 3.77. The molecule has 0 spiro atoms. The topological polar surface area (TPSA) is 80.0 Å². The molecule has 1 unspecified atom stereocenters.